The number of rotatable bonds is 2. The summed E-state index contributed by atoms with van der Waals surface area (Å²) >= 11 is 0. The highest BCUT2D eigenvalue weighted by Gasteiger charge is 2.46. The zero-order chi connectivity index (χ0) is 23.0. The SMILES string of the molecule is Cc1nn2cccnc2c1C(=O)N1C2CCC1c1nn(C)c(-c3cc(F)c(F)c(F)c3)c1C2. The van der Waals surface area contributed by atoms with E-state index < -0.39 is 17.5 Å². The Kier molecular flexibility index (Phi) is 4.17. The minimum Gasteiger partial charge on any atom is -0.326 e. The minimum atomic E-state index is -1.50. The predicted molar refractivity (Wildman–Crippen MR) is 112 cm³/mol. The first-order valence-corrected chi connectivity index (χ1v) is 10.7. The number of halogens is 3. The Morgan fingerprint density at radius 1 is 1.12 bits per heavy atom. The number of carbonyl (C=O) groups excluding carboxylic acids is 1. The number of hydrogen-bond donors (Lipinski definition) is 0. The van der Waals surface area contributed by atoms with Crippen molar-refractivity contribution < 1.29 is 18.0 Å². The van der Waals surface area contributed by atoms with Gasteiger partial charge >= 0.3 is 0 Å². The molecule has 5 heterocycles. The number of benzene rings is 1. The molecular formula is C23H19F3N6O. The van der Waals surface area contributed by atoms with Gasteiger partial charge in [-0.05, 0) is 44.4 Å². The zero-order valence-corrected chi connectivity index (χ0v) is 17.9. The third-order valence-electron chi connectivity index (χ3n) is 6.71. The van der Waals surface area contributed by atoms with Gasteiger partial charge < -0.3 is 4.90 Å². The van der Waals surface area contributed by atoms with Crippen LogP contribution in [-0.4, -0.2) is 41.2 Å². The summed E-state index contributed by atoms with van der Waals surface area (Å²) < 4.78 is 44.5. The number of aryl methyl sites for hydroxylation is 2. The van der Waals surface area contributed by atoms with Gasteiger partial charge in [0, 0.05) is 36.6 Å². The van der Waals surface area contributed by atoms with Crippen LogP contribution < -0.4 is 0 Å². The molecule has 10 heteroatoms. The van der Waals surface area contributed by atoms with Crippen molar-refractivity contribution in [1.29, 1.82) is 0 Å². The van der Waals surface area contributed by atoms with Gasteiger partial charge in [-0.1, -0.05) is 0 Å². The lowest BCUT2D eigenvalue weighted by atomic mass is 9.94. The van der Waals surface area contributed by atoms with Gasteiger partial charge in [0.1, 0.15) is 5.56 Å². The van der Waals surface area contributed by atoms with E-state index in [1.165, 1.54) is 0 Å². The van der Waals surface area contributed by atoms with Gasteiger partial charge in [0.25, 0.3) is 5.91 Å². The second-order valence-corrected chi connectivity index (χ2v) is 8.60. The first-order chi connectivity index (χ1) is 15.8. The van der Waals surface area contributed by atoms with Crippen molar-refractivity contribution in [3.63, 3.8) is 0 Å². The first-order valence-electron chi connectivity index (χ1n) is 10.7. The summed E-state index contributed by atoms with van der Waals surface area (Å²) in [5, 5.41) is 9.05. The fraction of sp³-hybridized carbons (Fsp3) is 0.304. The molecule has 1 amide bonds. The van der Waals surface area contributed by atoms with Crippen molar-refractivity contribution in [2.24, 2.45) is 7.05 Å². The minimum absolute atomic E-state index is 0.0915. The average Bonchev–Trinajstić information content (AvgIpc) is 3.41. The van der Waals surface area contributed by atoms with Crippen LogP contribution >= 0.6 is 0 Å². The summed E-state index contributed by atoms with van der Waals surface area (Å²) in [6.45, 7) is 1.79. The van der Waals surface area contributed by atoms with Crippen LogP contribution in [0.2, 0.25) is 0 Å². The molecule has 0 N–H and O–H groups in total. The average molecular weight is 452 g/mol. The van der Waals surface area contributed by atoms with E-state index in [1.807, 2.05) is 4.90 Å². The normalized spacial score (nSPS) is 19.4. The molecule has 2 bridgehead atoms. The number of amides is 1. The van der Waals surface area contributed by atoms with Crippen molar-refractivity contribution in [3.8, 4) is 11.3 Å². The van der Waals surface area contributed by atoms with Gasteiger partial charge in [0.2, 0.25) is 0 Å². The van der Waals surface area contributed by atoms with E-state index in [-0.39, 0.29) is 23.6 Å². The highest BCUT2D eigenvalue weighted by atomic mass is 19.2. The molecular weight excluding hydrogens is 433 g/mol. The number of hydrogen-bond acceptors (Lipinski definition) is 4. The lowest BCUT2D eigenvalue weighted by Crippen LogP contribution is -2.42. The van der Waals surface area contributed by atoms with Gasteiger partial charge in [-0.15, -0.1) is 0 Å². The summed E-state index contributed by atoms with van der Waals surface area (Å²) in [5.41, 5.74) is 3.89. The fourth-order valence-electron chi connectivity index (χ4n) is 5.38. The molecule has 0 radical (unpaired) electrons. The molecule has 1 aromatic carbocycles. The quantitative estimate of drug-likeness (QED) is 0.435. The Bertz CT molecular complexity index is 1440. The molecule has 2 aliphatic heterocycles. The molecule has 0 saturated carbocycles. The maximum Gasteiger partial charge on any atom is 0.260 e. The van der Waals surface area contributed by atoms with Crippen LogP contribution in [-0.2, 0) is 13.5 Å². The predicted octanol–water partition coefficient (Wildman–Crippen LogP) is 3.76. The maximum atomic E-state index is 13.9. The fourth-order valence-corrected chi connectivity index (χ4v) is 5.38. The molecule has 0 aliphatic carbocycles. The van der Waals surface area contributed by atoms with Crippen molar-refractivity contribution in [3.05, 3.63) is 70.6 Å². The van der Waals surface area contributed by atoms with E-state index in [0.717, 1.165) is 30.5 Å². The molecule has 7 nitrogen and oxygen atoms in total. The third kappa shape index (κ3) is 2.76. The second kappa shape index (κ2) is 6.90. The summed E-state index contributed by atoms with van der Waals surface area (Å²) in [7, 11) is 1.69. The second-order valence-electron chi connectivity index (χ2n) is 8.60. The van der Waals surface area contributed by atoms with Crippen LogP contribution in [0.15, 0.2) is 30.6 Å². The summed E-state index contributed by atoms with van der Waals surface area (Å²) in [6.07, 6.45) is 5.39. The Balaban J connectivity index is 1.44. The number of fused-ring (bicyclic) bond motifs is 5. The molecule has 2 atom stereocenters. The lowest BCUT2D eigenvalue weighted by molar-refractivity contribution is 0.0643. The van der Waals surface area contributed by atoms with Crippen LogP contribution in [0.4, 0.5) is 13.2 Å². The monoisotopic (exact) mass is 452 g/mol. The van der Waals surface area contributed by atoms with E-state index >= 15 is 0 Å². The molecule has 3 aromatic heterocycles. The molecule has 6 rings (SSSR count). The van der Waals surface area contributed by atoms with Crippen LogP contribution in [0.5, 0.6) is 0 Å². The van der Waals surface area contributed by atoms with Crippen molar-refractivity contribution >= 4 is 11.6 Å². The summed E-state index contributed by atoms with van der Waals surface area (Å²) in [6, 6.07) is 3.37. The summed E-state index contributed by atoms with van der Waals surface area (Å²) in [4.78, 5) is 19.9. The molecule has 2 aliphatic rings. The van der Waals surface area contributed by atoms with E-state index in [0.29, 0.717) is 34.7 Å². The third-order valence-corrected chi connectivity index (χ3v) is 6.71. The number of nitrogens with zero attached hydrogens (tertiary/aromatic N) is 6. The molecule has 1 fully saturated rings. The van der Waals surface area contributed by atoms with E-state index in [2.05, 4.69) is 15.2 Å². The number of aromatic nitrogens is 5. The zero-order valence-electron chi connectivity index (χ0n) is 17.9. The Labute approximate surface area is 186 Å². The Morgan fingerprint density at radius 2 is 1.88 bits per heavy atom. The Hall–Kier alpha value is -3.69. The van der Waals surface area contributed by atoms with Crippen LogP contribution in [0.1, 0.15) is 46.2 Å². The molecule has 2 unspecified atom stereocenters. The van der Waals surface area contributed by atoms with E-state index in [1.54, 1.807) is 41.6 Å². The molecule has 1 saturated heterocycles. The van der Waals surface area contributed by atoms with Gasteiger partial charge in [-0.25, -0.2) is 22.7 Å². The molecule has 33 heavy (non-hydrogen) atoms. The van der Waals surface area contributed by atoms with Crippen LogP contribution in [0.25, 0.3) is 16.9 Å². The highest BCUT2D eigenvalue weighted by molar-refractivity contribution is 6.01. The van der Waals surface area contributed by atoms with Crippen LogP contribution in [0, 0.1) is 24.4 Å². The molecule has 4 aromatic rings. The van der Waals surface area contributed by atoms with E-state index in [4.69, 9.17) is 0 Å². The molecule has 168 valence electrons. The Morgan fingerprint density at radius 3 is 2.64 bits per heavy atom. The van der Waals surface area contributed by atoms with Crippen molar-refractivity contribution in [1.82, 2.24) is 29.3 Å². The molecule has 0 spiro atoms. The van der Waals surface area contributed by atoms with Gasteiger partial charge in [-0.3, -0.25) is 9.48 Å². The van der Waals surface area contributed by atoms with Gasteiger partial charge in [0.15, 0.2) is 23.1 Å². The van der Waals surface area contributed by atoms with Gasteiger partial charge in [-0.2, -0.15) is 10.2 Å². The van der Waals surface area contributed by atoms with Crippen molar-refractivity contribution in [2.45, 2.75) is 38.3 Å². The van der Waals surface area contributed by atoms with Crippen LogP contribution in [0.3, 0.4) is 0 Å². The smallest absolute Gasteiger partial charge is 0.260 e. The largest absolute Gasteiger partial charge is 0.326 e. The maximum absolute atomic E-state index is 13.9. The summed E-state index contributed by atoms with van der Waals surface area (Å²) in [5.74, 6) is -4.13. The number of carbonyl (C=O) groups is 1. The van der Waals surface area contributed by atoms with Crippen molar-refractivity contribution in [2.75, 3.05) is 0 Å². The first kappa shape index (κ1) is 20.0. The highest BCUT2D eigenvalue weighted by Crippen LogP contribution is 2.47. The lowest BCUT2D eigenvalue weighted by Gasteiger charge is -2.34. The topological polar surface area (TPSA) is 68.3 Å². The standard InChI is InChI=1S/C23H19F3N6O/c1-11-18(22-27-6-3-7-31(22)28-11)23(33)32-13-4-5-17(32)20-14(10-13)21(30(2)29-20)12-8-15(24)19(26)16(25)9-12/h3,6-9,13,17H,4-5,10H2,1-2H3. The van der Waals surface area contributed by atoms with E-state index in [9.17, 15) is 18.0 Å². The van der Waals surface area contributed by atoms with Gasteiger partial charge in [0.05, 0.1) is 23.1 Å².